The minimum atomic E-state index is 0.0163. The minimum Gasteiger partial charge on any atom is -0.396 e. The maximum absolute atomic E-state index is 12.5. The lowest BCUT2D eigenvalue weighted by molar-refractivity contribution is 0.279. The Morgan fingerprint density at radius 3 is 2.67 bits per heavy atom. The molecule has 5 heteroatoms. The molecule has 1 aromatic carbocycles. The van der Waals surface area contributed by atoms with Crippen LogP contribution in [0.3, 0.4) is 0 Å². The number of aromatic amines is 1. The number of aliphatic hydroxyl groups excluding tert-OH is 1. The van der Waals surface area contributed by atoms with Gasteiger partial charge in [-0.25, -0.2) is 0 Å². The number of benzene rings is 1. The lowest BCUT2D eigenvalue weighted by Crippen LogP contribution is -2.26. The highest BCUT2D eigenvalue weighted by atomic mass is 16.3. The third-order valence-corrected chi connectivity index (χ3v) is 6.36. The van der Waals surface area contributed by atoms with Crippen molar-refractivity contribution in [2.45, 2.75) is 58.4 Å². The molecule has 0 bridgehead atoms. The first-order valence-electron chi connectivity index (χ1n) is 11.2. The lowest BCUT2D eigenvalue weighted by atomic mass is 9.88. The summed E-state index contributed by atoms with van der Waals surface area (Å²) in [5.41, 5.74) is 6.78. The van der Waals surface area contributed by atoms with Crippen LogP contribution in [0.2, 0.25) is 0 Å². The zero-order valence-electron chi connectivity index (χ0n) is 18.3. The molecule has 0 aliphatic carbocycles. The van der Waals surface area contributed by atoms with Crippen molar-refractivity contribution in [1.82, 2.24) is 14.9 Å². The van der Waals surface area contributed by atoms with E-state index in [1.165, 1.54) is 29.4 Å². The first-order valence-corrected chi connectivity index (χ1v) is 11.2. The van der Waals surface area contributed by atoms with E-state index in [0.29, 0.717) is 24.8 Å². The summed E-state index contributed by atoms with van der Waals surface area (Å²) >= 11 is 0. The van der Waals surface area contributed by atoms with Gasteiger partial charge in [0.05, 0.1) is 5.69 Å². The van der Waals surface area contributed by atoms with Crippen molar-refractivity contribution < 1.29 is 5.11 Å². The Morgan fingerprint density at radius 1 is 1.20 bits per heavy atom. The molecule has 3 aromatic rings. The van der Waals surface area contributed by atoms with Crippen LogP contribution in [0, 0.1) is 6.92 Å². The number of nitrogens with zero attached hydrogens (tertiary/aromatic N) is 1. The molecule has 5 nitrogen and oxygen atoms in total. The second-order valence-corrected chi connectivity index (χ2v) is 8.89. The van der Waals surface area contributed by atoms with Crippen molar-refractivity contribution in [3.8, 4) is 11.3 Å². The van der Waals surface area contributed by atoms with Gasteiger partial charge in [-0.1, -0.05) is 19.9 Å². The number of nitrogens with one attached hydrogen (secondary N) is 2. The summed E-state index contributed by atoms with van der Waals surface area (Å²) in [4.78, 5) is 16.2. The highest BCUT2D eigenvalue weighted by Crippen LogP contribution is 2.37. The van der Waals surface area contributed by atoms with Crippen molar-refractivity contribution in [3.05, 3.63) is 57.5 Å². The zero-order valence-corrected chi connectivity index (χ0v) is 18.3. The Labute approximate surface area is 178 Å². The van der Waals surface area contributed by atoms with Crippen LogP contribution < -0.4 is 10.9 Å². The maximum atomic E-state index is 12.5. The fourth-order valence-electron chi connectivity index (χ4n) is 4.80. The van der Waals surface area contributed by atoms with E-state index < -0.39 is 0 Å². The quantitative estimate of drug-likeness (QED) is 0.571. The Balaban J connectivity index is 1.84. The number of rotatable bonds is 6. The second-order valence-electron chi connectivity index (χ2n) is 8.89. The monoisotopic (exact) mass is 407 g/mol. The lowest BCUT2D eigenvalue weighted by Gasteiger charge is -2.23. The summed E-state index contributed by atoms with van der Waals surface area (Å²) in [6.45, 7) is 9.13. The van der Waals surface area contributed by atoms with Gasteiger partial charge in [0.1, 0.15) is 0 Å². The Morgan fingerprint density at radius 2 is 1.97 bits per heavy atom. The van der Waals surface area contributed by atoms with Crippen LogP contribution in [-0.2, 0) is 6.54 Å². The largest absolute Gasteiger partial charge is 0.396 e. The van der Waals surface area contributed by atoms with Gasteiger partial charge in [-0.05, 0) is 80.4 Å². The normalized spacial score (nSPS) is 15.4. The number of H-pyrrole nitrogens is 1. The molecule has 0 unspecified atom stereocenters. The summed E-state index contributed by atoms with van der Waals surface area (Å²) in [6.07, 6.45) is 4.89. The number of aliphatic hydroxyl groups is 1. The van der Waals surface area contributed by atoms with Gasteiger partial charge in [-0.3, -0.25) is 4.79 Å². The number of pyridine rings is 1. The molecular weight excluding hydrogens is 374 g/mol. The van der Waals surface area contributed by atoms with E-state index in [9.17, 15) is 9.90 Å². The van der Waals surface area contributed by atoms with Crippen molar-refractivity contribution in [1.29, 1.82) is 0 Å². The minimum absolute atomic E-state index is 0.0163. The summed E-state index contributed by atoms with van der Waals surface area (Å²) < 4.78 is 1.73. The van der Waals surface area contributed by atoms with Crippen molar-refractivity contribution in [2.24, 2.45) is 0 Å². The van der Waals surface area contributed by atoms with Crippen LogP contribution in [0.25, 0.3) is 22.2 Å². The van der Waals surface area contributed by atoms with Gasteiger partial charge in [0.2, 0.25) is 0 Å². The molecule has 1 aliphatic heterocycles. The zero-order chi connectivity index (χ0) is 21.3. The average molecular weight is 408 g/mol. The number of aromatic nitrogens is 2. The van der Waals surface area contributed by atoms with E-state index in [1.807, 2.05) is 19.2 Å². The van der Waals surface area contributed by atoms with Gasteiger partial charge in [0, 0.05) is 41.4 Å². The van der Waals surface area contributed by atoms with E-state index in [1.54, 1.807) is 4.57 Å². The molecule has 2 aromatic heterocycles. The third-order valence-electron chi connectivity index (χ3n) is 6.36. The Bertz CT molecular complexity index is 1090. The van der Waals surface area contributed by atoms with Crippen LogP contribution in [0.4, 0.5) is 0 Å². The molecule has 0 saturated carbocycles. The first kappa shape index (κ1) is 20.9. The van der Waals surface area contributed by atoms with Gasteiger partial charge in [0.25, 0.3) is 5.56 Å². The van der Waals surface area contributed by atoms with E-state index in [2.05, 4.69) is 42.3 Å². The highest BCUT2D eigenvalue weighted by Gasteiger charge is 2.20. The molecule has 30 heavy (non-hydrogen) atoms. The molecule has 3 N–H and O–H groups in total. The number of piperidine rings is 1. The molecule has 0 atom stereocenters. The van der Waals surface area contributed by atoms with E-state index in [-0.39, 0.29) is 12.2 Å². The molecule has 0 amide bonds. The fourth-order valence-corrected chi connectivity index (χ4v) is 4.80. The summed E-state index contributed by atoms with van der Waals surface area (Å²) in [5, 5.41) is 13.9. The van der Waals surface area contributed by atoms with Crippen LogP contribution >= 0.6 is 0 Å². The van der Waals surface area contributed by atoms with Gasteiger partial charge < -0.3 is 20.0 Å². The molecule has 1 aliphatic rings. The fraction of sp³-hybridized carbons (Fsp3) is 0.480. The van der Waals surface area contributed by atoms with E-state index >= 15 is 0 Å². The van der Waals surface area contributed by atoms with Gasteiger partial charge in [-0.15, -0.1) is 0 Å². The van der Waals surface area contributed by atoms with Crippen LogP contribution in [0.5, 0.6) is 0 Å². The highest BCUT2D eigenvalue weighted by molar-refractivity contribution is 5.92. The van der Waals surface area contributed by atoms with Crippen LogP contribution in [-0.4, -0.2) is 34.4 Å². The molecule has 160 valence electrons. The molecule has 0 radical (unpaired) electrons. The van der Waals surface area contributed by atoms with Crippen molar-refractivity contribution in [2.75, 3.05) is 19.7 Å². The molecule has 0 spiro atoms. The predicted molar refractivity (Wildman–Crippen MR) is 123 cm³/mol. The van der Waals surface area contributed by atoms with Crippen LogP contribution in [0.15, 0.2) is 35.3 Å². The van der Waals surface area contributed by atoms with Crippen LogP contribution in [0.1, 0.15) is 61.6 Å². The number of hydrogen-bond acceptors (Lipinski definition) is 3. The Hall–Kier alpha value is -2.37. The van der Waals surface area contributed by atoms with E-state index in [4.69, 9.17) is 0 Å². The molecule has 1 saturated heterocycles. The molecular formula is C25H33N3O2. The maximum Gasteiger partial charge on any atom is 0.253 e. The smallest absolute Gasteiger partial charge is 0.253 e. The SMILES string of the molecule is Cc1cc(-c2[nH]c3ccc(C4CCNCC4)cc3c2C(C)C)cn(CCCO)c1=O. The molecule has 4 rings (SSSR count). The molecule has 3 heterocycles. The topological polar surface area (TPSA) is 70.1 Å². The first-order chi connectivity index (χ1) is 14.5. The van der Waals surface area contributed by atoms with Gasteiger partial charge >= 0.3 is 0 Å². The van der Waals surface area contributed by atoms with Crippen molar-refractivity contribution >= 4 is 10.9 Å². The summed E-state index contributed by atoms with van der Waals surface area (Å²) in [5.74, 6) is 0.979. The number of aryl methyl sites for hydroxylation is 2. The Kier molecular flexibility index (Phi) is 6.11. The van der Waals surface area contributed by atoms with Crippen molar-refractivity contribution in [3.63, 3.8) is 0 Å². The predicted octanol–water partition coefficient (Wildman–Crippen LogP) is 4.28. The second kappa shape index (κ2) is 8.78. The molecule has 1 fully saturated rings. The number of hydrogen-bond donors (Lipinski definition) is 3. The van der Waals surface area contributed by atoms with Gasteiger partial charge in [-0.2, -0.15) is 0 Å². The van der Waals surface area contributed by atoms with Gasteiger partial charge in [0.15, 0.2) is 0 Å². The average Bonchev–Trinajstić information content (AvgIpc) is 3.14. The third kappa shape index (κ3) is 3.96. The summed E-state index contributed by atoms with van der Waals surface area (Å²) in [7, 11) is 0. The summed E-state index contributed by atoms with van der Waals surface area (Å²) in [6, 6.07) is 8.87. The number of fused-ring (bicyclic) bond motifs is 1. The van der Waals surface area contributed by atoms with E-state index in [0.717, 1.165) is 35.4 Å². The standard InChI is InChI=1S/C25H33N3O2/c1-16(2)23-21-14-19(18-7-9-26-10-8-18)5-6-22(21)27-24(23)20-13-17(3)25(30)28(15-20)11-4-12-29/h5-6,13-16,18,26-27,29H,4,7-12H2,1-3H3.